The topological polar surface area (TPSA) is 36.9 Å². The highest BCUT2D eigenvalue weighted by molar-refractivity contribution is 6.67. The third kappa shape index (κ3) is 11.5. The van der Waals surface area contributed by atoms with E-state index in [2.05, 4.69) is 40.8 Å². The SMILES string of the molecule is CCCO[Si](C)(CCC[Si](C)(OCCC)OCCC)OCCC. The summed E-state index contributed by atoms with van der Waals surface area (Å²) in [5.41, 5.74) is 0. The van der Waals surface area contributed by atoms with Crippen molar-refractivity contribution < 1.29 is 17.7 Å². The van der Waals surface area contributed by atoms with E-state index in [-0.39, 0.29) is 0 Å². The van der Waals surface area contributed by atoms with Gasteiger partial charge in [-0.3, -0.25) is 0 Å². The fraction of sp³-hybridized carbons (Fsp3) is 1.00. The highest BCUT2D eigenvalue weighted by atomic mass is 28.4. The van der Waals surface area contributed by atoms with Crippen LogP contribution in [0.3, 0.4) is 0 Å². The Balaban J connectivity index is 4.47. The molecule has 0 amide bonds. The molecule has 0 aromatic rings. The third-order valence-electron chi connectivity index (χ3n) is 3.71. The lowest BCUT2D eigenvalue weighted by atomic mass is 10.5. The summed E-state index contributed by atoms with van der Waals surface area (Å²) in [6.45, 7) is 16.2. The van der Waals surface area contributed by atoms with Crippen molar-refractivity contribution >= 4 is 17.1 Å². The second-order valence-electron chi connectivity index (χ2n) is 6.52. The zero-order valence-corrected chi connectivity index (χ0v) is 18.4. The van der Waals surface area contributed by atoms with Crippen LogP contribution in [0.25, 0.3) is 0 Å². The standard InChI is InChI=1S/C17H40O4Si2/c1-7-12-18-22(5,19-13-8-2)16-11-17-23(6,20-14-9-3)21-15-10-4/h7-17H2,1-6H3. The van der Waals surface area contributed by atoms with Gasteiger partial charge in [0.15, 0.2) is 0 Å². The molecule has 0 atom stereocenters. The molecule has 0 unspecified atom stereocenters. The quantitative estimate of drug-likeness (QED) is 0.352. The fourth-order valence-electron chi connectivity index (χ4n) is 2.37. The van der Waals surface area contributed by atoms with Gasteiger partial charge in [0.1, 0.15) is 0 Å². The van der Waals surface area contributed by atoms with Crippen molar-refractivity contribution in [3.05, 3.63) is 0 Å². The van der Waals surface area contributed by atoms with Gasteiger partial charge < -0.3 is 17.7 Å². The number of hydrogen-bond donors (Lipinski definition) is 0. The Morgan fingerprint density at radius 3 is 1.00 bits per heavy atom. The maximum Gasteiger partial charge on any atom is 0.334 e. The van der Waals surface area contributed by atoms with E-state index in [4.69, 9.17) is 17.7 Å². The summed E-state index contributed by atoms with van der Waals surface area (Å²) in [5, 5.41) is 0. The first-order valence-electron chi connectivity index (χ1n) is 9.51. The van der Waals surface area contributed by atoms with Gasteiger partial charge in [-0.25, -0.2) is 0 Å². The lowest BCUT2D eigenvalue weighted by Gasteiger charge is -2.30. The molecule has 0 fully saturated rings. The van der Waals surface area contributed by atoms with Crippen molar-refractivity contribution in [1.82, 2.24) is 0 Å². The molecule has 0 N–H and O–H groups in total. The Bertz CT molecular complexity index is 235. The molecule has 0 radical (unpaired) electrons. The van der Waals surface area contributed by atoms with E-state index in [1.807, 2.05) is 0 Å². The molecular formula is C17H40O4Si2. The minimum absolute atomic E-state index is 0.805. The lowest BCUT2D eigenvalue weighted by molar-refractivity contribution is 0.167. The van der Waals surface area contributed by atoms with Crippen LogP contribution in [-0.4, -0.2) is 43.5 Å². The van der Waals surface area contributed by atoms with E-state index in [1.54, 1.807) is 0 Å². The molecule has 0 spiro atoms. The summed E-state index contributed by atoms with van der Waals surface area (Å²) >= 11 is 0. The van der Waals surface area contributed by atoms with Gasteiger partial charge in [-0.1, -0.05) is 27.7 Å². The third-order valence-corrected chi connectivity index (χ3v) is 9.49. The van der Waals surface area contributed by atoms with Crippen molar-refractivity contribution in [3.8, 4) is 0 Å². The van der Waals surface area contributed by atoms with Crippen LogP contribution in [-0.2, 0) is 17.7 Å². The maximum atomic E-state index is 6.11. The van der Waals surface area contributed by atoms with E-state index in [9.17, 15) is 0 Å². The predicted octanol–water partition coefficient (Wildman–Crippen LogP) is 5.23. The second-order valence-corrected chi connectivity index (χ2v) is 13.2. The minimum atomic E-state index is -2.04. The fourth-order valence-corrected chi connectivity index (χ4v) is 7.65. The smallest absolute Gasteiger partial charge is 0.334 e. The molecule has 4 nitrogen and oxygen atoms in total. The monoisotopic (exact) mass is 364 g/mol. The summed E-state index contributed by atoms with van der Waals surface area (Å²) in [6, 6.07) is 2.06. The second kappa shape index (κ2) is 13.6. The van der Waals surface area contributed by atoms with Crippen LogP contribution < -0.4 is 0 Å². The summed E-state index contributed by atoms with van der Waals surface area (Å²) in [4.78, 5) is 0. The first-order chi connectivity index (χ1) is 10.9. The van der Waals surface area contributed by atoms with Gasteiger partial charge in [-0.05, 0) is 57.3 Å². The molecule has 0 aromatic heterocycles. The Labute approximate surface area is 146 Å². The maximum absolute atomic E-state index is 6.11. The number of hydrogen-bond acceptors (Lipinski definition) is 4. The normalized spacial score (nSPS) is 12.8. The lowest BCUT2D eigenvalue weighted by Crippen LogP contribution is -2.42. The Morgan fingerprint density at radius 1 is 0.522 bits per heavy atom. The Morgan fingerprint density at radius 2 is 0.783 bits per heavy atom. The van der Waals surface area contributed by atoms with Crippen LogP contribution in [0.5, 0.6) is 0 Å². The summed E-state index contributed by atoms with van der Waals surface area (Å²) in [6.07, 6.45) is 5.26. The molecule has 0 aliphatic heterocycles. The van der Waals surface area contributed by atoms with Crippen molar-refractivity contribution in [2.75, 3.05) is 26.4 Å². The highest BCUT2D eigenvalue weighted by Gasteiger charge is 2.35. The van der Waals surface area contributed by atoms with Crippen LogP contribution in [0.4, 0.5) is 0 Å². The van der Waals surface area contributed by atoms with E-state index in [0.717, 1.165) is 70.6 Å². The molecular weight excluding hydrogens is 324 g/mol. The molecule has 0 aliphatic rings. The van der Waals surface area contributed by atoms with Crippen molar-refractivity contribution in [2.45, 2.75) is 85.0 Å². The predicted molar refractivity (Wildman–Crippen MR) is 102 cm³/mol. The van der Waals surface area contributed by atoms with E-state index in [1.165, 1.54) is 0 Å². The zero-order chi connectivity index (χ0) is 17.6. The Hall–Kier alpha value is 0.274. The average Bonchev–Trinajstić information content (AvgIpc) is 2.55. The largest absolute Gasteiger partial charge is 0.394 e. The first-order valence-corrected chi connectivity index (χ1v) is 14.6. The van der Waals surface area contributed by atoms with Gasteiger partial charge in [-0.2, -0.15) is 0 Å². The molecule has 0 saturated heterocycles. The van der Waals surface area contributed by atoms with Crippen LogP contribution in [0.2, 0.25) is 25.2 Å². The number of rotatable bonds is 16. The van der Waals surface area contributed by atoms with E-state index >= 15 is 0 Å². The van der Waals surface area contributed by atoms with Gasteiger partial charge in [0.05, 0.1) is 0 Å². The van der Waals surface area contributed by atoms with Gasteiger partial charge in [0.2, 0.25) is 0 Å². The first kappa shape index (κ1) is 23.3. The van der Waals surface area contributed by atoms with Crippen LogP contribution in [0, 0.1) is 0 Å². The summed E-state index contributed by atoms with van der Waals surface area (Å²) in [5.74, 6) is 0. The molecule has 0 saturated carbocycles. The minimum Gasteiger partial charge on any atom is -0.394 e. The highest BCUT2D eigenvalue weighted by Crippen LogP contribution is 2.24. The summed E-state index contributed by atoms with van der Waals surface area (Å²) < 4.78 is 24.4. The van der Waals surface area contributed by atoms with Crippen LogP contribution >= 0.6 is 0 Å². The van der Waals surface area contributed by atoms with Gasteiger partial charge in [0.25, 0.3) is 0 Å². The molecule has 140 valence electrons. The average molecular weight is 365 g/mol. The van der Waals surface area contributed by atoms with Crippen molar-refractivity contribution in [2.24, 2.45) is 0 Å². The molecule has 0 aromatic carbocycles. The molecule has 0 bridgehead atoms. The molecule has 0 rings (SSSR count). The molecule has 0 heterocycles. The summed E-state index contributed by atoms with van der Waals surface area (Å²) in [7, 11) is -4.09. The van der Waals surface area contributed by atoms with E-state index < -0.39 is 17.1 Å². The van der Waals surface area contributed by atoms with Gasteiger partial charge >= 0.3 is 17.1 Å². The van der Waals surface area contributed by atoms with Gasteiger partial charge in [0, 0.05) is 26.4 Å². The van der Waals surface area contributed by atoms with Crippen LogP contribution in [0.1, 0.15) is 59.8 Å². The molecule has 6 heteroatoms. The van der Waals surface area contributed by atoms with Crippen molar-refractivity contribution in [3.63, 3.8) is 0 Å². The van der Waals surface area contributed by atoms with Gasteiger partial charge in [-0.15, -0.1) is 0 Å². The molecule has 0 aliphatic carbocycles. The molecule has 23 heavy (non-hydrogen) atoms. The Kier molecular flexibility index (Phi) is 13.7. The van der Waals surface area contributed by atoms with E-state index in [0.29, 0.717) is 0 Å². The zero-order valence-electron chi connectivity index (χ0n) is 16.4. The van der Waals surface area contributed by atoms with Crippen molar-refractivity contribution in [1.29, 1.82) is 0 Å². The van der Waals surface area contributed by atoms with Crippen LogP contribution in [0.15, 0.2) is 0 Å².